The number of aliphatic hydroxyl groups is 1. The largest absolute Gasteiger partial charge is 0.387 e. The summed E-state index contributed by atoms with van der Waals surface area (Å²) in [6.45, 7) is 1.85. The van der Waals surface area contributed by atoms with Crippen molar-refractivity contribution in [3.05, 3.63) is 34.3 Å². The molecule has 0 heterocycles. The van der Waals surface area contributed by atoms with Gasteiger partial charge in [-0.2, -0.15) is 0 Å². The lowest BCUT2D eigenvalue weighted by Crippen LogP contribution is -2.27. The quantitative estimate of drug-likeness (QED) is 0.692. The van der Waals surface area contributed by atoms with Gasteiger partial charge in [-0.25, -0.2) is 0 Å². The Labute approximate surface area is 92.4 Å². The summed E-state index contributed by atoms with van der Waals surface area (Å²) in [5, 5.41) is 12.8. The molecule has 78 valence electrons. The minimum Gasteiger partial charge on any atom is -0.387 e. The van der Waals surface area contributed by atoms with Crippen molar-refractivity contribution < 1.29 is 5.11 Å². The second-order valence-corrected chi connectivity index (χ2v) is 3.98. The summed E-state index contributed by atoms with van der Waals surface area (Å²) < 4.78 is 0.980. The zero-order valence-corrected chi connectivity index (χ0v) is 9.50. The first-order valence-corrected chi connectivity index (χ1v) is 5.37. The minimum absolute atomic E-state index is 0.473. The van der Waals surface area contributed by atoms with Gasteiger partial charge in [-0.15, -0.1) is 0 Å². The second-order valence-electron chi connectivity index (χ2n) is 3.06. The maximum Gasteiger partial charge on any atom is 0.0914 e. The van der Waals surface area contributed by atoms with E-state index in [0.717, 1.165) is 16.6 Å². The van der Waals surface area contributed by atoms with Crippen LogP contribution in [0.25, 0.3) is 0 Å². The third kappa shape index (κ3) is 3.75. The third-order valence-electron chi connectivity index (χ3n) is 1.89. The summed E-state index contributed by atoms with van der Waals surface area (Å²) in [5.41, 5.74) is 6.23. The van der Waals surface area contributed by atoms with Crippen molar-refractivity contribution in [2.45, 2.75) is 6.10 Å². The number of halogens is 1. The molecule has 0 saturated heterocycles. The monoisotopic (exact) mass is 258 g/mol. The number of nitrogens with two attached hydrogens (primary N) is 1. The van der Waals surface area contributed by atoms with Crippen LogP contribution in [0.4, 0.5) is 0 Å². The van der Waals surface area contributed by atoms with Gasteiger partial charge in [0.2, 0.25) is 0 Å². The Morgan fingerprint density at radius 1 is 1.50 bits per heavy atom. The fourth-order valence-corrected chi connectivity index (χ4v) is 1.59. The van der Waals surface area contributed by atoms with Crippen LogP contribution in [0.1, 0.15) is 11.7 Å². The van der Waals surface area contributed by atoms with Gasteiger partial charge in [0.15, 0.2) is 0 Å². The van der Waals surface area contributed by atoms with Gasteiger partial charge in [-0.3, -0.25) is 0 Å². The number of aliphatic hydroxyl groups excluding tert-OH is 1. The fraction of sp³-hybridized carbons (Fsp3) is 0.400. The maximum atomic E-state index is 9.75. The van der Waals surface area contributed by atoms with Crippen LogP contribution in [0.5, 0.6) is 0 Å². The molecule has 0 radical (unpaired) electrons. The van der Waals surface area contributed by atoms with Gasteiger partial charge in [0.25, 0.3) is 0 Å². The molecule has 1 aromatic rings. The summed E-state index contributed by atoms with van der Waals surface area (Å²) in [6, 6.07) is 7.66. The highest BCUT2D eigenvalue weighted by atomic mass is 79.9. The van der Waals surface area contributed by atoms with E-state index in [9.17, 15) is 5.11 Å². The first kappa shape index (κ1) is 11.7. The molecule has 1 rings (SSSR count). The number of hydrogen-bond donors (Lipinski definition) is 3. The van der Waals surface area contributed by atoms with Crippen LogP contribution in [0.15, 0.2) is 28.7 Å². The maximum absolute atomic E-state index is 9.75. The van der Waals surface area contributed by atoms with Crippen LogP contribution in [0.3, 0.4) is 0 Å². The highest BCUT2D eigenvalue weighted by Gasteiger charge is 2.06. The van der Waals surface area contributed by atoms with Crippen LogP contribution < -0.4 is 11.1 Å². The van der Waals surface area contributed by atoms with E-state index >= 15 is 0 Å². The summed E-state index contributed by atoms with van der Waals surface area (Å²) >= 11 is 3.36. The summed E-state index contributed by atoms with van der Waals surface area (Å²) in [4.78, 5) is 0. The molecule has 3 nitrogen and oxygen atoms in total. The van der Waals surface area contributed by atoms with E-state index < -0.39 is 6.10 Å². The third-order valence-corrected chi connectivity index (χ3v) is 2.39. The van der Waals surface area contributed by atoms with Crippen LogP contribution in [-0.2, 0) is 0 Å². The van der Waals surface area contributed by atoms with Crippen molar-refractivity contribution in [1.82, 2.24) is 5.32 Å². The van der Waals surface area contributed by atoms with Gasteiger partial charge in [0.1, 0.15) is 0 Å². The molecule has 0 aliphatic carbocycles. The van der Waals surface area contributed by atoms with Crippen molar-refractivity contribution in [3.63, 3.8) is 0 Å². The Morgan fingerprint density at radius 3 is 2.93 bits per heavy atom. The molecule has 1 aromatic carbocycles. The topological polar surface area (TPSA) is 58.3 Å². The molecule has 0 fully saturated rings. The molecular formula is C10H15BrN2O. The predicted molar refractivity (Wildman–Crippen MR) is 61.0 cm³/mol. The molecular weight excluding hydrogens is 244 g/mol. The molecule has 0 aromatic heterocycles. The van der Waals surface area contributed by atoms with E-state index in [1.165, 1.54) is 0 Å². The van der Waals surface area contributed by atoms with Crippen LogP contribution >= 0.6 is 15.9 Å². The average Bonchev–Trinajstić information content (AvgIpc) is 2.18. The molecule has 0 bridgehead atoms. The zero-order chi connectivity index (χ0) is 10.4. The minimum atomic E-state index is -0.473. The molecule has 14 heavy (non-hydrogen) atoms. The molecule has 4 heteroatoms. The van der Waals surface area contributed by atoms with Crippen molar-refractivity contribution in [2.75, 3.05) is 19.6 Å². The molecule has 1 atom stereocenters. The summed E-state index contributed by atoms with van der Waals surface area (Å²) in [6.07, 6.45) is -0.473. The average molecular weight is 259 g/mol. The smallest absolute Gasteiger partial charge is 0.0914 e. The highest BCUT2D eigenvalue weighted by Crippen LogP contribution is 2.17. The zero-order valence-electron chi connectivity index (χ0n) is 7.91. The van der Waals surface area contributed by atoms with Gasteiger partial charge in [0, 0.05) is 24.1 Å². The highest BCUT2D eigenvalue weighted by molar-refractivity contribution is 9.10. The van der Waals surface area contributed by atoms with Crippen molar-refractivity contribution in [1.29, 1.82) is 0 Å². The predicted octanol–water partition coefficient (Wildman–Crippen LogP) is 1.03. The van der Waals surface area contributed by atoms with E-state index in [1.54, 1.807) is 0 Å². The van der Waals surface area contributed by atoms with E-state index in [-0.39, 0.29) is 0 Å². The number of hydrogen-bond acceptors (Lipinski definition) is 3. The van der Waals surface area contributed by atoms with Crippen molar-refractivity contribution in [3.8, 4) is 0 Å². The van der Waals surface area contributed by atoms with Gasteiger partial charge in [-0.1, -0.05) is 28.1 Å². The normalized spacial score (nSPS) is 12.8. The fourth-order valence-electron chi connectivity index (χ4n) is 1.17. The Morgan fingerprint density at radius 2 is 2.29 bits per heavy atom. The van der Waals surface area contributed by atoms with Gasteiger partial charge < -0.3 is 16.2 Å². The molecule has 0 saturated carbocycles. The van der Waals surface area contributed by atoms with Gasteiger partial charge >= 0.3 is 0 Å². The second kappa shape index (κ2) is 6.14. The van der Waals surface area contributed by atoms with E-state index in [0.29, 0.717) is 13.1 Å². The summed E-state index contributed by atoms with van der Waals surface area (Å²) in [7, 11) is 0. The first-order valence-electron chi connectivity index (χ1n) is 4.58. The standard InChI is InChI=1S/C10H15BrN2O/c11-9-3-1-2-8(6-9)10(14)7-13-5-4-12/h1-3,6,10,13-14H,4-5,7,12H2. The molecule has 0 aliphatic rings. The van der Waals surface area contributed by atoms with Crippen LogP contribution in [0, 0.1) is 0 Å². The first-order chi connectivity index (χ1) is 6.74. The van der Waals surface area contributed by atoms with Gasteiger partial charge in [-0.05, 0) is 17.7 Å². The Kier molecular flexibility index (Phi) is 5.11. The Hall–Kier alpha value is -0.420. The molecule has 0 aliphatic heterocycles. The van der Waals surface area contributed by atoms with Gasteiger partial charge in [0.05, 0.1) is 6.10 Å². The molecule has 0 spiro atoms. The number of nitrogens with one attached hydrogen (secondary N) is 1. The van der Waals surface area contributed by atoms with Crippen molar-refractivity contribution >= 4 is 15.9 Å². The summed E-state index contributed by atoms with van der Waals surface area (Å²) in [5.74, 6) is 0. The van der Waals surface area contributed by atoms with Crippen LogP contribution in [0.2, 0.25) is 0 Å². The van der Waals surface area contributed by atoms with Crippen molar-refractivity contribution in [2.24, 2.45) is 5.73 Å². The van der Waals surface area contributed by atoms with E-state index in [4.69, 9.17) is 5.73 Å². The van der Waals surface area contributed by atoms with Crippen LogP contribution in [-0.4, -0.2) is 24.7 Å². The molecule has 1 unspecified atom stereocenters. The van der Waals surface area contributed by atoms with E-state index in [1.807, 2.05) is 24.3 Å². The van der Waals surface area contributed by atoms with E-state index in [2.05, 4.69) is 21.2 Å². The molecule has 4 N–H and O–H groups in total. The lowest BCUT2D eigenvalue weighted by molar-refractivity contribution is 0.175. The lowest BCUT2D eigenvalue weighted by Gasteiger charge is -2.11. The number of benzene rings is 1. The Balaban J connectivity index is 2.47. The SMILES string of the molecule is NCCNCC(O)c1cccc(Br)c1. The Bertz CT molecular complexity index is 281. The number of rotatable bonds is 5. The lowest BCUT2D eigenvalue weighted by atomic mass is 10.1. The molecule has 0 amide bonds.